The van der Waals surface area contributed by atoms with Gasteiger partial charge >= 0.3 is 5.63 Å². The van der Waals surface area contributed by atoms with E-state index in [0.717, 1.165) is 0 Å². The third-order valence-electron chi connectivity index (χ3n) is 2.02. The van der Waals surface area contributed by atoms with E-state index < -0.39 is 5.63 Å². The predicted octanol–water partition coefficient (Wildman–Crippen LogP) is 1.36. The third kappa shape index (κ3) is 1.16. The van der Waals surface area contributed by atoms with Crippen molar-refractivity contribution in [2.75, 3.05) is 0 Å². The number of aryl methyl sites for hydroxylation is 2. The molecule has 0 radical (unpaired) electrons. The highest BCUT2D eigenvalue weighted by atomic mass is 16.4. The van der Waals surface area contributed by atoms with Gasteiger partial charge in [-0.3, -0.25) is 4.79 Å². The molecule has 2 aromatic rings. The van der Waals surface area contributed by atoms with Gasteiger partial charge in [-0.15, -0.1) is 0 Å². The van der Waals surface area contributed by atoms with Gasteiger partial charge in [0, 0.05) is 17.2 Å². The summed E-state index contributed by atoms with van der Waals surface area (Å²) in [5.74, 6) is 0. The summed E-state index contributed by atoms with van der Waals surface area (Å²) in [6, 6.07) is 1.29. The topological polar surface area (TPSA) is 60.4 Å². The highest BCUT2D eigenvalue weighted by Gasteiger charge is 2.09. The molecule has 0 aliphatic heterocycles. The molecule has 2 rings (SSSR count). The molecule has 0 atom stereocenters. The molecule has 0 aliphatic rings. The van der Waals surface area contributed by atoms with Gasteiger partial charge in [-0.05, 0) is 13.8 Å². The summed E-state index contributed by atoms with van der Waals surface area (Å²) in [5, 5.41) is 0. The highest BCUT2D eigenvalue weighted by Crippen LogP contribution is 2.12. The van der Waals surface area contributed by atoms with E-state index in [1.54, 1.807) is 13.8 Å². The van der Waals surface area contributed by atoms with Crippen LogP contribution < -0.4 is 11.1 Å². The van der Waals surface area contributed by atoms with Crippen molar-refractivity contribution in [2.45, 2.75) is 13.8 Å². The molecule has 0 unspecified atom stereocenters. The minimum atomic E-state index is -0.534. The van der Waals surface area contributed by atoms with Crippen LogP contribution in [0.5, 0.6) is 0 Å². The molecule has 0 saturated carbocycles. The summed E-state index contributed by atoms with van der Waals surface area (Å²) in [6.45, 7) is 3.30. The van der Waals surface area contributed by atoms with Gasteiger partial charge in [0.25, 0.3) is 0 Å². The molecular weight excluding hydrogens is 184 g/mol. The first-order chi connectivity index (χ1) is 6.59. The summed E-state index contributed by atoms with van der Waals surface area (Å²) in [4.78, 5) is 22.6. The van der Waals surface area contributed by atoms with Crippen LogP contribution in [0.3, 0.4) is 0 Å². The maximum atomic E-state index is 11.5. The molecule has 0 fully saturated rings. The standard InChI is InChI=1S/C10H8O4/c1-5-3-7(11)14-10-8(12)6(2)4-13-9(5)10/h3-4H,1-2H3. The number of fused-ring (bicyclic) bond motifs is 1. The highest BCUT2D eigenvalue weighted by molar-refractivity contribution is 5.72. The number of rotatable bonds is 0. The lowest BCUT2D eigenvalue weighted by atomic mass is 10.2. The van der Waals surface area contributed by atoms with Crippen molar-refractivity contribution in [3.8, 4) is 0 Å². The Hall–Kier alpha value is -1.84. The van der Waals surface area contributed by atoms with E-state index >= 15 is 0 Å². The van der Waals surface area contributed by atoms with Crippen LogP contribution >= 0.6 is 0 Å². The zero-order chi connectivity index (χ0) is 10.3. The van der Waals surface area contributed by atoms with Gasteiger partial charge in [0.2, 0.25) is 11.0 Å². The minimum absolute atomic E-state index is 0.00463. The molecule has 4 heteroatoms. The third-order valence-corrected chi connectivity index (χ3v) is 2.02. The van der Waals surface area contributed by atoms with Crippen molar-refractivity contribution >= 4 is 11.2 Å². The maximum Gasteiger partial charge on any atom is 0.336 e. The zero-order valence-electron chi connectivity index (χ0n) is 7.79. The lowest BCUT2D eigenvalue weighted by molar-refractivity contribution is 0.523. The van der Waals surface area contributed by atoms with Crippen LogP contribution in [0.4, 0.5) is 0 Å². The second kappa shape index (κ2) is 2.83. The minimum Gasteiger partial charge on any atom is -0.460 e. The van der Waals surface area contributed by atoms with Crippen molar-refractivity contribution in [1.29, 1.82) is 0 Å². The van der Waals surface area contributed by atoms with E-state index in [9.17, 15) is 9.59 Å². The van der Waals surface area contributed by atoms with Crippen molar-refractivity contribution in [1.82, 2.24) is 0 Å². The van der Waals surface area contributed by atoms with Crippen LogP contribution in [0.2, 0.25) is 0 Å². The van der Waals surface area contributed by atoms with Gasteiger partial charge in [-0.2, -0.15) is 0 Å². The molecule has 0 amide bonds. The Balaban J connectivity index is 3.11. The van der Waals surface area contributed by atoms with Crippen LogP contribution in [-0.2, 0) is 0 Å². The molecule has 2 heterocycles. The molecule has 0 aliphatic carbocycles. The fraction of sp³-hybridized carbons (Fsp3) is 0.200. The van der Waals surface area contributed by atoms with Crippen LogP contribution in [0, 0.1) is 13.8 Å². The molecule has 4 nitrogen and oxygen atoms in total. The normalized spacial score (nSPS) is 10.7. The monoisotopic (exact) mass is 192 g/mol. The molecule has 72 valence electrons. The van der Waals surface area contributed by atoms with E-state index in [1.165, 1.54) is 12.3 Å². The fourth-order valence-corrected chi connectivity index (χ4v) is 1.27. The van der Waals surface area contributed by atoms with Crippen molar-refractivity contribution < 1.29 is 8.83 Å². The summed E-state index contributed by atoms with van der Waals surface area (Å²) in [5.41, 5.74) is 0.523. The van der Waals surface area contributed by atoms with Gasteiger partial charge < -0.3 is 8.83 Å². The Labute approximate surface area is 78.8 Å². The Kier molecular flexibility index (Phi) is 1.77. The SMILES string of the molecule is Cc1coc2c(C)cc(=O)oc2c1=O. The maximum absolute atomic E-state index is 11.5. The Bertz CT molecular complexity index is 604. The molecule has 0 N–H and O–H groups in total. The summed E-state index contributed by atoms with van der Waals surface area (Å²) in [7, 11) is 0. The first kappa shape index (κ1) is 8.74. The van der Waals surface area contributed by atoms with Gasteiger partial charge in [0.05, 0.1) is 6.26 Å². The van der Waals surface area contributed by atoms with Crippen LogP contribution in [0.1, 0.15) is 11.1 Å². The second-order valence-corrected chi connectivity index (χ2v) is 3.15. The van der Waals surface area contributed by atoms with Crippen LogP contribution in [-0.4, -0.2) is 0 Å². The molecule has 0 spiro atoms. The first-order valence-corrected chi connectivity index (χ1v) is 4.12. The molecule has 2 aromatic heterocycles. The molecule has 0 saturated heterocycles. The van der Waals surface area contributed by atoms with Crippen molar-refractivity contribution in [3.63, 3.8) is 0 Å². The van der Waals surface area contributed by atoms with Crippen LogP contribution in [0.25, 0.3) is 11.2 Å². The lowest BCUT2D eigenvalue weighted by Gasteiger charge is -1.98. The second-order valence-electron chi connectivity index (χ2n) is 3.15. The largest absolute Gasteiger partial charge is 0.460 e. The molecule has 14 heavy (non-hydrogen) atoms. The molecule has 0 aromatic carbocycles. The van der Waals surface area contributed by atoms with E-state index in [4.69, 9.17) is 8.83 Å². The Morgan fingerprint density at radius 2 is 1.79 bits per heavy atom. The van der Waals surface area contributed by atoms with Crippen molar-refractivity contribution in [3.05, 3.63) is 44.1 Å². The fourth-order valence-electron chi connectivity index (χ4n) is 1.27. The predicted molar refractivity (Wildman–Crippen MR) is 50.5 cm³/mol. The zero-order valence-corrected chi connectivity index (χ0v) is 7.79. The van der Waals surface area contributed by atoms with Crippen molar-refractivity contribution in [2.24, 2.45) is 0 Å². The quantitative estimate of drug-likeness (QED) is 0.632. The average molecular weight is 192 g/mol. The first-order valence-electron chi connectivity index (χ1n) is 4.12. The van der Waals surface area contributed by atoms with Gasteiger partial charge in [-0.25, -0.2) is 4.79 Å². The Morgan fingerprint density at radius 1 is 1.07 bits per heavy atom. The van der Waals surface area contributed by atoms with E-state index in [-0.39, 0.29) is 11.0 Å². The smallest absolute Gasteiger partial charge is 0.336 e. The number of hydrogen-bond acceptors (Lipinski definition) is 4. The summed E-state index contributed by atoms with van der Waals surface area (Å²) in [6.07, 6.45) is 1.36. The van der Waals surface area contributed by atoms with Gasteiger partial charge in [0.15, 0.2) is 5.58 Å². The Morgan fingerprint density at radius 3 is 2.50 bits per heavy atom. The molecule has 0 bridgehead atoms. The summed E-state index contributed by atoms with van der Waals surface area (Å²) >= 11 is 0. The lowest BCUT2D eigenvalue weighted by Crippen LogP contribution is -2.09. The van der Waals surface area contributed by atoms with Gasteiger partial charge in [0.1, 0.15) is 0 Å². The summed E-state index contributed by atoms with van der Waals surface area (Å²) < 4.78 is 9.97. The molecular formula is C10H8O4. The van der Waals surface area contributed by atoms with E-state index in [1.807, 2.05) is 0 Å². The van der Waals surface area contributed by atoms with E-state index in [0.29, 0.717) is 16.7 Å². The van der Waals surface area contributed by atoms with Crippen LogP contribution in [0.15, 0.2) is 30.8 Å². The van der Waals surface area contributed by atoms with E-state index in [2.05, 4.69) is 0 Å². The van der Waals surface area contributed by atoms with Gasteiger partial charge in [-0.1, -0.05) is 0 Å². The number of hydrogen-bond donors (Lipinski definition) is 0. The average Bonchev–Trinajstić information content (AvgIpc) is 2.12.